The van der Waals surface area contributed by atoms with Crippen LogP contribution in [0.4, 0.5) is 5.69 Å². The Hall–Kier alpha value is -3.65. The van der Waals surface area contributed by atoms with E-state index in [2.05, 4.69) is 19.2 Å². The molecule has 2 amide bonds. The maximum atomic E-state index is 13.9. The highest BCUT2D eigenvalue weighted by Crippen LogP contribution is 2.27. The SMILES string of the molecule is CNC(=O)C(C)N(Cc1cccc(C)c1)C(=O)CN(c1ccc(C(C)C)cc1)S(=O)(=O)c1ccc(C)cc1. The monoisotopic (exact) mass is 535 g/mol. The van der Waals surface area contributed by atoms with Gasteiger partial charge in [-0.05, 0) is 62.1 Å². The number of carbonyl (C=O) groups excluding carboxylic acids is 2. The summed E-state index contributed by atoms with van der Waals surface area (Å²) in [7, 11) is -2.57. The van der Waals surface area contributed by atoms with Crippen molar-refractivity contribution in [1.82, 2.24) is 10.2 Å². The second-order valence-corrected chi connectivity index (χ2v) is 11.7. The Kier molecular flexibility index (Phi) is 9.33. The zero-order valence-electron chi connectivity index (χ0n) is 22.9. The van der Waals surface area contributed by atoms with Crippen molar-refractivity contribution in [2.45, 2.75) is 58.0 Å². The summed E-state index contributed by atoms with van der Waals surface area (Å²) in [5.41, 5.74) is 4.24. The Morgan fingerprint density at radius 1 is 0.868 bits per heavy atom. The Labute approximate surface area is 226 Å². The van der Waals surface area contributed by atoms with E-state index < -0.39 is 28.5 Å². The van der Waals surface area contributed by atoms with E-state index in [9.17, 15) is 18.0 Å². The van der Waals surface area contributed by atoms with Gasteiger partial charge in [0.1, 0.15) is 12.6 Å². The molecule has 1 N–H and O–H groups in total. The molecular weight excluding hydrogens is 498 g/mol. The van der Waals surface area contributed by atoms with Crippen LogP contribution in [-0.2, 0) is 26.2 Å². The maximum Gasteiger partial charge on any atom is 0.264 e. The number of hydrogen-bond donors (Lipinski definition) is 1. The Balaban J connectivity index is 2.04. The number of amides is 2. The van der Waals surface area contributed by atoms with Crippen LogP contribution < -0.4 is 9.62 Å². The van der Waals surface area contributed by atoms with Crippen LogP contribution in [-0.4, -0.2) is 44.8 Å². The third-order valence-electron chi connectivity index (χ3n) is 6.58. The minimum absolute atomic E-state index is 0.0911. The molecule has 0 fully saturated rings. The van der Waals surface area contributed by atoms with Crippen molar-refractivity contribution in [1.29, 1.82) is 0 Å². The molecule has 3 rings (SSSR count). The fourth-order valence-electron chi connectivity index (χ4n) is 4.19. The van der Waals surface area contributed by atoms with Crippen LogP contribution in [0.3, 0.4) is 0 Å². The topological polar surface area (TPSA) is 86.8 Å². The van der Waals surface area contributed by atoms with Crippen molar-refractivity contribution < 1.29 is 18.0 Å². The minimum atomic E-state index is -4.08. The summed E-state index contributed by atoms with van der Waals surface area (Å²) in [4.78, 5) is 27.9. The molecule has 0 saturated heterocycles. The lowest BCUT2D eigenvalue weighted by Crippen LogP contribution is -2.50. The van der Waals surface area contributed by atoms with E-state index in [-0.39, 0.29) is 23.3 Å². The lowest BCUT2D eigenvalue weighted by Gasteiger charge is -2.32. The van der Waals surface area contributed by atoms with Crippen molar-refractivity contribution in [2.75, 3.05) is 17.9 Å². The fraction of sp³-hybridized carbons (Fsp3) is 0.333. The van der Waals surface area contributed by atoms with Gasteiger partial charge in [0.15, 0.2) is 0 Å². The molecule has 0 heterocycles. The molecule has 38 heavy (non-hydrogen) atoms. The lowest BCUT2D eigenvalue weighted by atomic mass is 10.0. The zero-order valence-corrected chi connectivity index (χ0v) is 23.7. The van der Waals surface area contributed by atoms with E-state index in [1.165, 1.54) is 11.9 Å². The Morgan fingerprint density at radius 3 is 2.05 bits per heavy atom. The highest BCUT2D eigenvalue weighted by molar-refractivity contribution is 7.92. The number of benzene rings is 3. The van der Waals surface area contributed by atoms with E-state index in [1.807, 2.05) is 50.2 Å². The van der Waals surface area contributed by atoms with Gasteiger partial charge in [-0.1, -0.05) is 73.5 Å². The van der Waals surface area contributed by atoms with Gasteiger partial charge in [0.25, 0.3) is 10.0 Å². The first-order chi connectivity index (χ1) is 17.9. The summed E-state index contributed by atoms with van der Waals surface area (Å²) in [5, 5.41) is 2.60. The second kappa shape index (κ2) is 12.3. The van der Waals surface area contributed by atoms with Crippen molar-refractivity contribution in [3.8, 4) is 0 Å². The Morgan fingerprint density at radius 2 is 1.50 bits per heavy atom. The van der Waals surface area contributed by atoms with Crippen LogP contribution >= 0.6 is 0 Å². The molecule has 202 valence electrons. The van der Waals surface area contributed by atoms with Crippen LogP contribution in [0.1, 0.15) is 48.9 Å². The molecule has 8 heteroatoms. The highest BCUT2D eigenvalue weighted by Gasteiger charge is 2.32. The van der Waals surface area contributed by atoms with E-state index in [0.717, 1.165) is 26.6 Å². The number of sulfonamides is 1. The Bertz CT molecular complexity index is 1370. The van der Waals surface area contributed by atoms with Crippen molar-refractivity contribution in [3.63, 3.8) is 0 Å². The minimum Gasteiger partial charge on any atom is -0.357 e. The summed E-state index contributed by atoms with van der Waals surface area (Å²) in [6.45, 7) is 9.30. The molecule has 0 bridgehead atoms. The van der Waals surface area contributed by atoms with Gasteiger partial charge in [-0.2, -0.15) is 0 Å². The molecule has 0 spiro atoms. The number of nitrogens with one attached hydrogen (secondary N) is 1. The second-order valence-electron chi connectivity index (χ2n) is 9.87. The van der Waals surface area contributed by atoms with E-state index in [4.69, 9.17) is 0 Å². The molecular formula is C30H37N3O4S. The first-order valence-corrected chi connectivity index (χ1v) is 14.1. The molecule has 0 radical (unpaired) electrons. The maximum absolute atomic E-state index is 13.9. The quantitative estimate of drug-likeness (QED) is 0.405. The lowest BCUT2D eigenvalue weighted by molar-refractivity contribution is -0.139. The van der Waals surface area contributed by atoms with Gasteiger partial charge in [0, 0.05) is 13.6 Å². The average molecular weight is 536 g/mol. The van der Waals surface area contributed by atoms with Gasteiger partial charge in [-0.25, -0.2) is 8.42 Å². The molecule has 1 unspecified atom stereocenters. The molecule has 0 aliphatic carbocycles. The fourth-order valence-corrected chi connectivity index (χ4v) is 5.60. The van der Waals surface area contributed by atoms with Crippen LogP contribution in [0.25, 0.3) is 0 Å². The van der Waals surface area contributed by atoms with Gasteiger partial charge < -0.3 is 10.2 Å². The van der Waals surface area contributed by atoms with Gasteiger partial charge in [0.05, 0.1) is 10.6 Å². The van der Waals surface area contributed by atoms with Crippen LogP contribution in [0.15, 0.2) is 77.7 Å². The number of anilines is 1. The van der Waals surface area contributed by atoms with Gasteiger partial charge in [-0.3, -0.25) is 13.9 Å². The number of nitrogens with zero attached hydrogens (tertiary/aromatic N) is 2. The number of carbonyl (C=O) groups is 2. The predicted molar refractivity (Wildman–Crippen MR) is 151 cm³/mol. The number of aryl methyl sites for hydroxylation is 2. The van der Waals surface area contributed by atoms with E-state index >= 15 is 0 Å². The van der Waals surface area contributed by atoms with Crippen LogP contribution in [0.2, 0.25) is 0 Å². The standard InChI is InChI=1S/C30H37N3O4S/c1-21(2)26-12-14-27(15-13-26)33(38(36,37)28-16-10-22(3)11-17-28)20-29(34)32(24(5)30(35)31-6)19-25-9-7-8-23(4)18-25/h7-18,21,24H,19-20H2,1-6H3,(H,31,35). The van der Waals surface area contributed by atoms with Gasteiger partial charge in [0.2, 0.25) is 11.8 Å². The molecule has 0 aliphatic rings. The van der Waals surface area contributed by atoms with Crippen molar-refractivity contribution in [2.24, 2.45) is 0 Å². The van der Waals surface area contributed by atoms with Crippen LogP contribution in [0, 0.1) is 13.8 Å². The van der Waals surface area contributed by atoms with Crippen LogP contribution in [0.5, 0.6) is 0 Å². The zero-order chi connectivity index (χ0) is 28.0. The summed E-state index contributed by atoms with van der Waals surface area (Å²) in [6, 6.07) is 20.6. The summed E-state index contributed by atoms with van der Waals surface area (Å²) in [5.74, 6) is -0.544. The average Bonchev–Trinajstić information content (AvgIpc) is 2.89. The van der Waals surface area contributed by atoms with Crippen molar-refractivity contribution in [3.05, 3.63) is 95.1 Å². The highest BCUT2D eigenvalue weighted by atomic mass is 32.2. The summed E-state index contributed by atoms with van der Waals surface area (Å²) in [6.07, 6.45) is 0. The van der Waals surface area contributed by atoms with E-state index in [0.29, 0.717) is 5.69 Å². The largest absolute Gasteiger partial charge is 0.357 e. The van der Waals surface area contributed by atoms with E-state index in [1.54, 1.807) is 43.3 Å². The molecule has 0 saturated carbocycles. The normalized spacial score (nSPS) is 12.2. The predicted octanol–water partition coefficient (Wildman–Crippen LogP) is 4.79. The third kappa shape index (κ3) is 6.81. The molecule has 3 aromatic rings. The molecule has 0 aromatic heterocycles. The van der Waals surface area contributed by atoms with Crippen molar-refractivity contribution >= 4 is 27.5 Å². The number of hydrogen-bond acceptors (Lipinski definition) is 4. The smallest absolute Gasteiger partial charge is 0.264 e. The first-order valence-electron chi connectivity index (χ1n) is 12.7. The molecule has 0 aliphatic heterocycles. The molecule has 7 nitrogen and oxygen atoms in total. The summed E-state index contributed by atoms with van der Waals surface area (Å²) >= 11 is 0. The third-order valence-corrected chi connectivity index (χ3v) is 8.37. The molecule has 3 aromatic carbocycles. The van der Waals surface area contributed by atoms with Gasteiger partial charge in [-0.15, -0.1) is 0 Å². The number of rotatable bonds is 10. The van der Waals surface area contributed by atoms with Gasteiger partial charge >= 0.3 is 0 Å². The summed E-state index contributed by atoms with van der Waals surface area (Å²) < 4.78 is 28.8. The number of likely N-dealkylation sites (N-methyl/N-ethyl adjacent to an activating group) is 1. The molecule has 1 atom stereocenters. The first kappa shape index (κ1) is 28.9.